The van der Waals surface area contributed by atoms with Crippen LogP contribution in [0.5, 0.6) is 0 Å². The molecule has 3 N–H and O–H groups in total. The number of carbonyl (C=O) groups excluding carboxylic acids is 2. The van der Waals surface area contributed by atoms with E-state index in [-0.39, 0.29) is 5.91 Å². The Morgan fingerprint density at radius 1 is 0.929 bits per heavy atom. The lowest BCUT2D eigenvalue weighted by Crippen LogP contribution is -2.34. The average molecular weight is 373 g/mol. The molecule has 6 heteroatoms. The number of amides is 2. The molecule has 0 bridgehead atoms. The summed E-state index contributed by atoms with van der Waals surface area (Å²) in [4.78, 5) is 24.5. The van der Waals surface area contributed by atoms with Crippen molar-refractivity contribution in [1.82, 2.24) is 9.63 Å². The van der Waals surface area contributed by atoms with E-state index in [1.807, 2.05) is 54.6 Å². The Balaban J connectivity index is 1.94. The first-order chi connectivity index (χ1) is 13.5. The molecule has 28 heavy (non-hydrogen) atoms. The molecule has 4 aromatic rings. The van der Waals surface area contributed by atoms with E-state index in [0.717, 1.165) is 21.8 Å². The van der Waals surface area contributed by atoms with Gasteiger partial charge in [0.05, 0.1) is 17.1 Å². The number of nitrogens with two attached hydrogens (primary N) is 1. The number of hydrogen-bond donors (Lipinski definition) is 2. The Hall–Kier alpha value is -3.64. The van der Waals surface area contributed by atoms with Gasteiger partial charge in [-0.1, -0.05) is 42.5 Å². The SMILES string of the molecule is CC(c1ccc2c(c1)c1ccccc1n2C(=O)c1ccccc1)N(O)C(N)=O. The van der Waals surface area contributed by atoms with Crippen molar-refractivity contribution in [2.75, 3.05) is 0 Å². The number of rotatable bonds is 3. The highest BCUT2D eigenvalue weighted by molar-refractivity contribution is 6.16. The highest BCUT2D eigenvalue weighted by Crippen LogP contribution is 2.32. The van der Waals surface area contributed by atoms with Crippen LogP contribution in [-0.4, -0.2) is 26.8 Å². The van der Waals surface area contributed by atoms with Crippen molar-refractivity contribution >= 4 is 33.7 Å². The summed E-state index contributed by atoms with van der Waals surface area (Å²) < 4.78 is 1.69. The second-order valence-electron chi connectivity index (χ2n) is 6.66. The molecule has 0 aliphatic heterocycles. The van der Waals surface area contributed by atoms with Gasteiger partial charge in [0.15, 0.2) is 0 Å². The summed E-state index contributed by atoms with van der Waals surface area (Å²) in [5.41, 5.74) is 8.04. The molecule has 0 radical (unpaired) electrons. The Bertz CT molecular complexity index is 1200. The molecule has 1 atom stereocenters. The minimum atomic E-state index is -0.922. The molecule has 0 saturated carbocycles. The zero-order valence-corrected chi connectivity index (χ0v) is 15.2. The van der Waals surface area contributed by atoms with Gasteiger partial charge in [0.1, 0.15) is 0 Å². The van der Waals surface area contributed by atoms with Crippen molar-refractivity contribution in [3.63, 3.8) is 0 Å². The van der Waals surface area contributed by atoms with Crippen LogP contribution in [0.2, 0.25) is 0 Å². The van der Waals surface area contributed by atoms with Crippen LogP contribution in [0.15, 0.2) is 72.8 Å². The van der Waals surface area contributed by atoms with E-state index in [1.165, 1.54) is 0 Å². The fourth-order valence-electron chi connectivity index (χ4n) is 3.51. The second kappa shape index (κ2) is 6.83. The molecule has 3 aromatic carbocycles. The van der Waals surface area contributed by atoms with Gasteiger partial charge >= 0.3 is 6.03 Å². The van der Waals surface area contributed by atoms with Gasteiger partial charge in [-0.15, -0.1) is 0 Å². The Kier molecular flexibility index (Phi) is 4.33. The maximum absolute atomic E-state index is 13.2. The summed E-state index contributed by atoms with van der Waals surface area (Å²) in [6.45, 7) is 1.68. The van der Waals surface area contributed by atoms with Gasteiger partial charge in [-0.3, -0.25) is 14.6 Å². The fraction of sp³-hybridized carbons (Fsp3) is 0.0909. The van der Waals surface area contributed by atoms with Gasteiger partial charge in [-0.25, -0.2) is 4.79 Å². The van der Waals surface area contributed by atoms with Crippen LogP contribution in [0.1, 0.15) is 28.9 Å². The maximum atomic E-state index is 13.2. The summed E-state index contributed by atoms with van der Waals surface area (Å²) >= 11 is 0. The van der Waals surface area contributed by atoms with Gasteiger partial charge in [0.2, 0.25) is 0 Å². The first kappa shape index (κ1) is 17.8. The predicted molar refractivity (Wildman–Crippen MR) is 107 cm³/mol. The minimum Gasteiger partial charge on any atom is -0.350 e. The first-order valence-electron chi connectivity index (χ1n) is 8.89. The summed E-state index contributed by atoms with van der Waals surface area (Å²) in [5, 5.41) is 12.2. The maximum Gasteiger partial charge on any atom is 0.339 e. The van der Waals surface area contributed by atoms with Crippen molar-refractivity contribution < 1.29 is 14.8 Å². The smallest absolute Gasteiger partial charge is 0.339 e. The Morgan fingerprint density at radius 3 is 2.29 bits per heavy atom. The molecule has 0 aliphatic carbocycles. The van der Waals surface area contributed by atoms with E-state index < -0.39 is 12.1 Å². The normalized spacial score (nSPS) is 12.2. The number of hydroxylamine groups is 2. The number of benzene rings is 3. The van der Waals surface area contributed by atoms with E-state index in [0.29, 0.717) is 16.2 Å². The highest BCUT2D eigenvalue weighted by atomic mass is 16.5. The predicted octanol–water partition coefficient (Wildman–Crippen LogP) is 4.31. The van der Waals surface area contributed by atoms with E-state index >= 15 is 0 Å². The van der Waals surface area contributed by atoms with Crippen LogP contribution in [0.3, 0.4) is 0 Å². The lowest BCUT2D eigenvalue weighted by Gasteiger charge is -2.21. The molecular weight excluding hydrogens is 354 g/mol. The van der Waals surface area contributed by atoms with Gasteiger partial charge in [-0.2, -0.15) is 5.06 Å². The third kappa shape index (κ3) is 2.80. The molecular formula is C22H19N3O3. The summed E-state index contributed by atoms with van der Waals surface area (Å²) in [6, 6.07) is 20.7. The quantitative estimate of drug-likeness (QED) is 0.414. The van der Waals surface area contributed by atoms with Crippen LogP contribution in [0.25, 0.3) is 21.8 Å². The minimum absolute atomic E-state index is 0.117. The van der Waals surface area contributed by atoms with Gasteiger partial charge in [-0.05, 0) is 42.8 Å². The molecule has 1 heterocycles. The molecule has 2 amide bonds. The third-order valence-electron chi connectivity index (χ3n) is 5.00. The number of aromatic nitrogens is 1. The lowest BCUT2D eigenvalue weighted by atomic mass is 10.0. The number of urea groups is 1. The van der Waals surface area contributed by atoms with E-state index in [1.54, 1.807) is 29.7 Å². The molecule has 0 spiro atoms. The van der Waals surface area contributed by atoms with Crippen molar-refractivity contribution in [2.45, 2.75) is 13.0 Å². The van der Waals surface area contributed by atoms with Crippen LogP contribution in [0.4, 0.5) is 4.79 Å². The van der Waals surface area contributed by atoms with Crippen molar-refractivity contribution in [1.29, 1.82) is 0 Å². The van der Waals surface area contributed by atoms with E-state index in [2.05, 4.69) is 0 Å². The molecule has 140 valence electrons. The number of carbonyl (C=O) groups is 2. The van der Waals surface area contributed by atoms with Crippen molar-refractivity contribution in [3.05, 3.63) is 83.9 Å². The molecule has 0 saturated heterocycles. The topological polar surface area (TPSA) is 88.6 Å². The second-order valence-corrected chi connectivity index (χ2v) is 6.66. The first-order valence-corrected chi connectivity index (χ1v) is 8.89. The zero-order valence-electron chi connectivity index (χ0n) is 15.2. The number of nitrogens with zero attached hydrogens (tertiary/aromatic N) is 2. The number of hydrogen-bond acceptors (Lipinski definition) is 3. The van der Waals surface area contributed by atoms with Gasteiger partial charge in [0.25, 0.3) is 5.91 Å². The lowest BCUT2D eigenvalue weighted by molar-refractivity contribution is -0.0709. The van der Waals surface area contributed by atoms with Crippen LogP contribution in [-0.2, 0) is 0 Å². The number of primary amides is 1. The number of fused-ring (bicyclic) bond motifs is 3. The third-order valence-corrected chi connectivity index (χ3v) is 5.00. The molecule has 6 nitrogen and oxygen atoms in total. The Labute approximate surface area is 161 Å². The largest absolute Gasteiger partial charge is 0.350 e. The molecule has 4 rings (SSSR count). The van der Waals surface area contributed by atoms with Crippen molar-refractivity contribution in [2.24, 2.45) is 5.73 Å². The molecule has 1 unspecified atom stereocenters. The van der Waals surface area contributed by atoms with Gasteiger partial charge < -0.3 is 5.73 Å². The molecule has 0 fully saturated rings. The van der Waals surface area contributed by atoms with E-state index in [9.17, 15) is 14.8 Å². The van der Waals surface area contributed by atoms with Crippen molar-refractivity contribution in [3.8, 4) is 0 Å². The average Bonchev–Trinajstić information content (AvgIpc) is 3.06. The van der Waals surface area contributed by atoms with Gasteiger partial charge in [0, 0.05) is 16.3 Å². The monoisotopic (exact) mass is 373 g/mol. The van der Waals surface area contributed by atoms with Crippen LogP contribution < -0.4 is 5.73 Å². The summed E-state index contributed by atoms with van der Waals surface area (Å²) in [7, 11) is 0. The van der Waals surface area contributed by atoms with Crippen LogP contribution >= 0.6 is 0 Å². The summed E-state index contributed by atoms with van der Waals surface area (Å²) in [6.07, 6.45) is 0. The number of para-hydroxylation sites is 1. The van der Waals surface area contributed by atoms with Crippen LogP contribution in [0, 0.1) is 0 Å². The highest BCUT2D eigenvalue weighted by Gasteiger charge is 2.21. The molecule has 0 aliphatic rings. The fourth-order valence-corrected chi connectivity index (χ4v) is 3.51. The standard InChI is InChI=1S/C22H19N3O3/c1-14(25(28)22(23)27)16-11-12-20-18(13-16)17-9-5-6-10-19(17)24(20)21(26)15-7-3-2-4-8-15/h2-14,28H,1H3,(H2,23,27). The summed E-state index contributed by atoms with van der Waals surface area (Å²) in [5.74, 6) is -0.117. The van der Waals surface area contributed by atoms with E-state index in [4.69, 9.17) is 5.73 Å². The Morgan fingerprint density at radius 2 is 1.57 bits per heavy atom. The molecule has 1 aromatic heterocycles. The zero-order chi connectivity index (χ0) is 19.8.